The number of carbonyl (C=O) groups is 2. The molecule has 0 radical (unpaired) electrons. The minimum absolute atomic E-state index is 0.273. The van der Waals surface area contributed by atoms with Crippen molar-refractivity contribution in [3.63, 3.8) is 0 Å². The highest BCUT2D eigenvalue weighted by Gasteiger charge is 2.28. The fourth-order valence-corrected chi connectivity index (χ4v) is 4.71. The Morgan fingerprint density at radius 2 is 1.89 bits per heavy atom. The van der Waals surface area contributed by atoms with Crippen LogP contribution >= 0.6 is 0 Å². The van der Waals surface area contributed by atoms with Crippen LogP contribution in [-0.2, 0) is 25.8 Å². The lowest BCUT2D eigenvalue weighted by atomic mass is 10.0. The van der Waals surface area contributed by atoms with Crippen LogP contribution in [0.25, 0.3) is 0 Å². The molecule has 2 amide bonds. The second kappa shape index (κ2) is 8.81. The number of hydrogen-bond acceptors (Lipinski definition) is 6. The zero-order chi connectivity index (χ0) is 19.3. The molecule has 2 fully saturated rings. The lowest BCUT2D eigenvalue weighted by Gasteiger charge is -2.14. The second-order valence-corrected chi connectivity index (χ2v) is 9.30. The van der Waals surface area contributed by atoms with E-state index in [1.165, 1.54) is 25.7 Å². The van der Waals surface area contributed by atoms with Gasteiger partial charge in [-0.15, -0.1) is 5.10 Å². The van der Waals surface area contributed by atoms with E-state index in [1.54, 1.807) is 0 Å². The lowest BCUT2D eigenvalue weighted by Crippen LogP contribution is -2.47. The molecule has 1 aliphatic carbocycles. The topological polar surface area (TPSA) is 134 Å². The van der Waals surface area contributed by atoms with Crippen molar-refractivity contribution < 1.29 is 18.0 Å². The Morgan fingerprint density at radius 3 is 2.67 bits per heavy atom. The first-order valence-corrected chi connectivity index (χ1v) is 11.3. The minimum atomic E-state index is -3.95. The van der Waals surface area contributed by atoms with Gasteiger partial charge >= 0.3 is 0 Å². The summed E-state index contributed by atoms with van der Waals surface area (Å²) in [5, 5.41) is 11.3. The predicted molar refractivity (Wildman–Crippen MR) is 97.5 cm³/mol. The van der Waals surface area contributed by atoms with E-state index in [0.29, 0.717) is 31.1 Å². The molecule has 1 saturated heterocycles. The summed E-state index contributed by atoms with van der Waals surface area (Å²) < 4.78 is 24.8. The van der Waals surface area contributed by atoms with E-state index in [4.69, 9.17) is 0 Å². The fourth-order valence-electron chi connectivity index (χ4n) is 3.72. The monoisotopic (exact) mass is 397 g/mol. The van der Waals surface area contributed by atoms with Crippen molar-refractivity contribution in [2.45, 2.75) is 69.0 Å². The lowest BCUT2D eigenvalue weighted by molar-refractivity contribution is -0.127. The van der Waals surface area contributed by atoms with E-state index in [0.717, 1.165) is 19.3 Å². The van der Waals surface area contributed by atoms with Crippen LogP contribution in [0, 0.1) is 5.92 Å². The van der Waals surface area contributed by atoms with E-state index in [1.807, 2.05) is 0 Å². The molecule has 10 heteroatoms. The summed E-state index contributed by atoms with van der Waals surface area (Å²) in [4.78, 5) is 28.1. The molecule has 1 aromatic heterocycles. The van der Waals surface area contributed by atoms with Crippen molar-refractivity contribution in [3.8, 4) is 0 Å². The van der Waals surface area contributed by atoms with Crippen LogP contribution in [-0.4, -0.2) is 53.8 Å². The van der Waals surface area contributed by atoms with Gasteiger partial charge in [-0.1, -0.05) is 25.7 Å². The number of rotatable bonds is 7. The zero-order valence-electron chi connectivity index (χ0n) is 15.4. The van der Waals surface area contributed by atoms with Gasteiger partial charge in [0, 0.05) is 13.0 Å². The summed E-state index contributed by atoms with van der Waals surface area (Å²) in [5.74, 6) is -0.549. The molecule has 2 aliphatic rings. The van der Waals surface area contributed by atoms with Crippen molar-refractivity contribution in [1.82, 2.24) is 25.8 Å². The maximum Gasteiger partial charge on any atom is 0.267 e. The van der Waals surface area contributed by atoms with Crippen LogP contribution in [0.5, 0.6) is 0 Å². The van der Waals surface area contributed by atoms with Gasteiger partial charge in [0.2, 0.25) is 21.7 Å². The third kappa shape index (κ3) is 5.50. The molecular formula is C17H27N5O4S. The Morgan fingerprint density at radius 1 is 1.15 bits per heavy atom. The smallest absolute Gasteiger partial charge is 0.267 e. The van der Waals surface area contributed by atoms with E-state index in [9.17, 15) is 18.0 Å². The summed E-state index contributed by atoms with van der Waals surface area (Å²) in [5.41, 5.74) is 0. The number of nitrogens with one attached hydrogen (secondary N) is 3. The Labute approximate surface area is 159 Å². The highest BCUT2D eigenvalue weighted by atomic mass is 32.2. The number of aromatic amines is 1. The first-order chi connectivity index (χ1) is 12.9. The van der Waals surface area contributed by atoms with Crippen LogP contribution in [0.15, 0.2) is 5.16 Å². The van der Waals surface area contributed by atoms with Gasteiger partial charge in [-0.25, -0.2) is 13.4 Å². The molecule has 1 atom stereocenters. The maximum atomic E-state index is 12.4. The Bertz CT molecular complexity index is 770. The number of hydrogen-bond donors (Lipinski definition) is 3. The fraction of sp³-hybridized carbons (Fsp3) is 0.765. The molecule has 150 valence electrons. The van der Waals surface area contributed by atoms with E-state index in [-0.39, 0.29) is 11.1 Å². The predicted octanol–water partition coefficient (Wildman–Crippen LogP) is 0.486. The molecule has 1 aliphatic heterocycles. The zero-order valence-corrected chi connectivity index (χ0v) is 16.2. The molecule has 3 rings (SSSR count). The average molecular weight is 398 g/mol. The van der Waals surface area contributed by atoms with Gasteiger partial charge in [0.25, 0.3) is 5.16 Å². The minimum Gasteiger partial charge on any atom is -0.354 e. The van der Waals surface area contributed by atoms with Crippen LogP contribution in [0.2, 0.25) is 0 Å². The summed E-state index contributed by atoms with van der Waals surface area (Å²) in [6.07, 6.45) is 8.71. The molecule has 0 aromatic carbocycles. The molecule has 27 heavy (non-hydrogen) atoms. The van der Waals surface area contributed by atoms with Gasteiger partial charge in [-0.05, 0) is 31.6 Å². The summed E-state index contributed by atoms with van der Waals surface area (Å²) in [7, 11) is -3.95. The summed E-state index contributed by atoms with van der Waals surface area (Å²) in [6.45, 7) is 0.574. The van der Waals surface area contributed by atoms with Crippen molar-refractivity contribution in [3.05, 3.63) is 5.82 Å². The van der Waals surface area contributed by atoms with Gasteiger partial charge in [0.15, 0.2) is 0 Å². The van der Waals surface area contributed by atoms with Crippen molar-refractivity contribution >= 4 is 21.7 Å². The van der Waals surface area contributed by atoms with Gasteiger partial charge in [-0.3, -0.25) is 14.7 Å². The molecule has 1 aromatic rings. The third-order valence-electron chi connectivity index (χ3n) is 5.25. The van der Waals surface area contributed by atoms with Gasteiger partial charge < -0.3 is 10.6 Å². The number of amides is 2. The van der Waals surface area contributed by atoms with Gasteiger partial charge in [0.1, 0.15) is 17.6 Å². The van der Waals surface area contributed by atoms with Crippen molar-refractivity contribution in [1.29, 1.82) is 0 Å². The molecule has 3 N–H and O–H groups in total. The van der Waals surface area contributed by atoms with Crippen LogP contribution in [0.4, 0.5) is 0 Å². The molecule has 0 bridgehead atoms. The van der Waals surface area contributed by atoms with E-state index < -0.39 is 27.5 Å². The standard InChI is InChI=1S/C17H27N5O4S/c23-15(19-13-7-3-4-10-18-16(13)24)11-27(25,26)17-20-14(21-22-17)9-8-12-5-1-2-6-12/h12-13H,1-11H2,(H,18,24)(H,19,23)(H,20,21,22)/t13-/m0/s1. The summed E-state index contributed by atoms with van der Waals surface area (Å²) >= 11 is 0. The normalized spacial score (nSPS) is 21.6. The molecule has 0 unspecified atom stereocenters. The molecular weight excluding hydrogens is 370 g/mol. The quantitative estimate of drug-likeness (QED) is 0.613. The first kappa shape index (κ1) is 19.8. The molecule has 1 saturated carbocycles. The number of sulfone groups is 1. The first-order valence-electron chi connectivity index (χ1n) is 9.65. The average Bonchev–Trinajstić information content (AvgIpc) is 3.26. The molecule has 2 heterocycles. The Kier molecular flexibility index (Phi) is 6.46. The third-order valence-corrected chi connectivity index (χ3v) is 6.63. The Balaban J connectivity index is 1.54. The van der Waals surface area contributed by atoms with Crippen LogP contribution in [0.3, 0.4) is 0 Å². The number of aryl methyl sites for hydroxylation is 1. The molecule has 0 spiro atoms. The van der Waals surface area contributed by atoms with E-state index >= 15 is 0 Å². The number of nitrogens with zero attached hydrogens (tertiary/aromatic N) is 2. The number of aromatic nitrogens is 3. The largest absolute Gasteiger partial charge is 0.354 e. The Hall–Kier alpha value is -1.97. The van der Waals surface area contributed by atoms with Gasteiger partial charge in [-0.2, -0.15) is 0 Å². The SMILES string of the molecule is O=C(CS(=O)(=O)c1n[nH]c(CCC2CCCC2)n1)N[C@H]1CCCCNC1=O. The molecule has 9 nitrogen and oxygen atoms in total. The summed E-state index contributed by atoms with van der Waals surface area (Å²) in [6, 6.07) is -0.690. The van der Waals surface area contributed by atoms with Crippen molar-refractivity contribution in [2.24, 2.45) is 5.92 Å². The second-order valence-electron chi connectivity index (χ2n) is 7.42. The van der Waals surface area contributed by atoms with Crippen molar-refractivity contribution in [2.75, 3.05) is 12.3 Å². The maximum absolute atomic E-state index is 12.4. The highest BCUT2D eigenvalue weighted by molar-refractivity contribution is 7.91. The van der Waals surface area contributed by atoms with E-state index in [2.05, 4.69) is 25.8 Å². The number of carbonyl (C=O) groups excluding carboxylic acids is 2. The highest BCUT2D eigenvalue weighted by Crippen LogP contribution is 2.28. The number of H-pyrrole nitrogens is 1. The van der Waals surface area contributed by atoms with Crippen LogP contribution < -0.4 is 10.6 Å². The van der Waals surface area contributed by atoms with Crippen LogP contribution in [0.1, 0.15) is 57.2 Å². The van der Waals surface area contributed by atoms with Gasteiger partial charge in [0.05, 0.1) is 0 Å².